The third-order valence-electron chi connectivity index (χ3n) is 4.24. The Hall–Kier alpha value is -0.830. The predicted octanol–water partition coefficient (Wildman–Crippen LogP) is 5.13. The van der Waals surface area contributed by atoms with Gasteiger partial charge >= 0.3 is 0 Å². The topological polar surface area (TPSA) is 49.3 Å². The number of allylic oxidation sites excluding steroid dienone is 2. The molecular formula is C20H39NO2. The molecular weight excluding hydrogens is 286 g/mol. The van der Waals surface area contributed by atoms with Crippen LogP contribution in [-0.4, -0.2) is 23.5 Å². The molecule has 0 saturated carbocycles. The Morgan fingerprint density at radius 3 is 1.91 bits per heavy atom. The number of hydrogen-bond acceptors (Lipinski definition) is 3. The van der Waals surface area contributed by atoms with Gasteiger partial charge in [-0.3, -0.25) is 4.79 Å². The van der Waals surface area contributed by atoms with Crippen LogP contribution in [0.25, 0.3) is 0 Å². The van der Waals surface area contributed by atoms with Crippen LogP contribution in [0.1, 0.15) is 97.8 Å². The highest BCUT2D eigenvalue weighted by atomic mass is 16.3. The van der Waals surface area contributed by atoms with Crippen molar-refractivity contribution in [3.05, 3.63) is 11.8 Å². The van der Waals surface area contributed by atoms with Crippen molar-refractivity contribution in [3.63, 3.8) is 0 Å². The van der Waals surface area contributed by atoms with Gasteiger partial charge in [-0.1, -0.05) is 71.1 Å². The van der Waals surface area contributed by atoms with Gasteiger partial charge in [-0.25, -0.2) is 0 Å². The monoisotopic (exact) mass is 325 g/mol. The molecule has 0 aromatic heterocycles. The molecule has 136 valence electrons. The van der Waals surface area contributed by atoms with Crippen molar-refractivity contribution < 1.29 is 9.90 Å². The van der Waals surface area contributed by atoms with Gasteiger partial charge < -0.3 is 10.4 Å². The number of nitrogens with one attached hydrogen (secondary N) is 1. The van der Waals surface area contributed by atoms with E-state index in [0.717, 1.165) is 18.5 Å². The van der Waals surface area contributed by atoms with Crippen LogP contribution >= 0.6 is 0 Å². The number of aliphatic hydroxyl groups excluding tert-OH is 1. The number of unbranched alkanes of at least 4 members (excludes halogenated alkanes) is 9. The van der Waals surface area contributed by atoms with Gasteiger partial charge in [0.2, 0.25) is 0 Å². The standard InChI is InChI=1S/C20H39NO2/c1-4-5-6-7-8-9-10-11-12-13-14-20(15-16-22)21-18(2)17-19(3)23/h17,20-22H,4-16H2,1-3H3/b18-17+/t20-/m0/s1. The zero-order valence-electron chi connectivity index (χ0n) is 15.7. The second kappa shape index (κ2) is 16.0. The fourth-order valence-electron chi connectivity index (χ4n) is 2.99. The fraction of sp³-hybridized carbons (Fsp3) is 0.850. The summed E-state index contributed by atoms with van der Waals surface area (Å²) in [7, 11) is 0. The first-order chi connectivity index (χ1) is 11.1. The molecule has 0 aliphatic carbocycles. The number of rotatable bonds is 16. The summed E-state index contributed by atoms with van der Waals surface area (Å²) in [6, 6.07) is 0.282. The van der Waals surface area contributed by atoms with E-state index in [-0.39, 0.29) is 18.4 Å². The van der Waals surface area contributed by atoms with Crippen LogP contribution in [0.4, 0.5) is 0 Å². The Morgan fingerprint density at radius 2 is 1.43 bits per heavy atom. The average Bonchev–Trinajstić information content (AvgIpc) is 2.48. The molecule has 3 nitrogen and oxygen atoms in total. The molecule has 0 aromatic rings. The van der Waals surface area contributed by atoms with Gasteiger partial charge in [-0.2, -0.15) is 0 Å². The van der Waals surface area contributed by atoms with Crippen LogP contribution in [-0.2, 0) is 4.79 Å². The molecule has 0 unspecified atom stereocenters. The molecule has 23 heavy (non-hydrogen) atoms. The first-order valence-corrected chi connectivity index (χ1v) is 9.66. The zero-order valence-corrected chi connectivity index (χ0v) is 15.7. The van der Waals surface area contributed by atoms with E-state index in [4.69, 9.17) is 5.11 Å². The first-order valence-electron chi connectivity index (χ1n) is 9.66. The summed E-state index contributed by atoms with van der Waals surface area (Å²) in [4.78, 5) is 11.1. The highest BCUT2D eigenvalue weighted by molar-refractivity contribution is 5.87. The molecule has 0 rings (SSSR count). The third kappa shape index (κ3) is 15.8. The molecule has 0 radical (unpaired) electrons. The molecule has 0 amide bonds. The lowest BCUT2D eigenvalue weighted by Gasteiger charge is -2.19. The minimum atomic E-state index is 0.0664. The summed E-state index contributed by atoms with van der Waals surface area (Å²) >= 11 is 0. The Bertz CT molecular complexity index is 313. The maximum Gasteiger partial charge on any atom is 0.154 e. The summed E-state index contributed by atoms with van der Waals surface area (Å²) in [5.41, 5.74) is 0.906. The van der Waals surface area contributed by atoms with E-state index in [9.17, 15) is 4.79 Å². The SMILES string of the molecule is CCCCCCCCCCCC[C@@H](CCO)N/C(C)=C/C(C)=O. The summed E-state index contributed by atoms with van der Waals surface area (Å²) < 4.78 is 0. The van der Waals surface area contributed by atoms with Crippen LogP contribution in [0, 0.1) is 0 Å². The maximum atomic E-state index is 11.1. The zero-order chi connectivity index (χ0) is 17.3. The lowest BCUT2D eigenvalue weighted by Crippen LogP contribution is -2.28. The summed E-state index contributed by atoms with van der Waals surface area (Å²) in [6.07, 6.45) is 16.9. The molecule has 0 aromatic carbocycles. The minimum absolute atomic E-state index is 0.0664. The van der Waals surface area contributed by atoms with Crippen LogP contribution in [0.2, 0.25) is 0 Å². The maximum absolute atomic E-state index is 11.1. The second-order valence-electron chi connectivity index (χ2n) is 6.76. The van der Waals surface area contributed by atoms with Crippen molar-refractivity contribution in [1.82, 2.24) is 5.32 Å². The van der Waals surface area contributed by atoms with E-state index in [1.807, 2.05) is 6.92 Å². The molecule has 0 fully saturated rings. The van der Waals surface area contributed by atoms with Crippen LogP contribution < -0.4 is 5.32 Å². The van der Waals surface area contributed by atoms with Gasteiger partial charge in [0.15, 0.2) is 5.78 Å². The van der Waals surface area contributed by atoms with Crippen molar-refractivity contribution in [2.45, 2.75) is 104 Å². The third-order valence-corrected chi connectivity index (χ3v) is 4.24. The van der Waals surface area contributed by atoms with E-state index in [2.05, 4.69) is 12.2 Å². The molecule has 0 bridgehead atoms. The van der Waals surface area contributed by atoms with Gasteiger partial charge in [0.05, 0.1) is 0 Å². The number of aliphatic hydroxyl groups is 1. The largest absolute Gasteiger partial charge is 0.396 e. The smallest absolute Gasteiger partial charge is 0.154 e. The minimum Gasteiger partial charge on any atom is -0.396 e. The van der Waals surface area contributed by atoms with E-state index in [1.54, 1.807) is 13.0 Å². The van der Waals surface area contributed by atoms with Gasteiger partial charge in [0.25, 0.3) is 0 Å². The van der Waals surface area contributed by atoms with E-state index < -0.39 is 0 Å². The Morgan fingerprint density at radius 1 is 0.913 bits per heavy atom. The highest BCUT2D eigenvalue weighted by Gasteiger charge is 2.07. The number of ketones is 1. The van der Waals surface area contributed by atoms with E-state index in [1.165, 1.54) is 64.2 Å². The van der Waals surface area contributed by atoms with Gasteiger partial charge in [0, 0.05) is 18.3 Å². The molecule has 0 aliphatic heterocycles. The number of carbonyl (C=O) groups is 1. The van der Waals surface area contributed by atoms with Crippen molar-refractivity contribution in [2.75, 3.05) is 6.61 Å². The van der Waals surface area contributed by atoms with Gasteiger partial charge in [0.1, 0.15) is 0 Å². The van der Waals surface area contributed by atoms with Crippen molar-refractivity contribution in [3.8, 4) is 0 Å². The molecule has 3 heteroatoms. The average molecular weight is 326 g/mol. The van der Waals surface area contributed by atoms with Crippen molar-refractivity contribution >= 4 is 5.78 Å². The highest BCUT2D eigenvalue weighted by Crippen LogP contribution is 2.13. The molecule has 0 saturated heterocycles. The second-order valence-corrected chi connectivity index (χ2v) is 6.76. The molecule has 0 spiro atoms. The van der Waals surface area contributed by atoms with Crippen LogP contribution in [0.5, 0.6) is 0 Å². The molecule has 0 aliphatic rings. The van der Waals surface area contributed by atoms with Gasteiger partial charge in [-0.15, -0.1) is 0 Å². The first kappa shape index (κ1) is 22.2. The Kier molecular flexibility index (Phi) is 15.5. The lowest BCUT2D eigenvalue weighted by molar-refractivity contribution is -0.112. The Labute approximate surface area is 143 Å². The van der Waals surface area contributed by atoms with Crippen LogP contribution in [0.3, 0.4) is 0 Å². The summed E-state index contributed by atoms with van der Waals surface area (Å²) in [5.74, 6) is 0.0664. The quantitative estimate of drug-likeness (QED) is 0.305. The van der Waals surface area contributed by atoms with Gasteiger partial charge in [-0.05, 0) is 32.8 Å². The predicted molar refractivity (Wildman–Crippen MR) is 99.5 cm³/mol. The van der Waals surface area contributed by atoms with Crippen molar-refractivity contribution in [2.24, 2.45) is 0 Å². The fourth-order valence-corrected chi connectivity index (χ4v) is 2.99. The number of hydrogen-bond donors (Lipinski definition) is 2. The molecule has 1 atom stereocenters. The normalized spacial score (nSPS) is 13.1. The van der Waals surface area contributed by atoms with E-state index in [0.29, 0.717) is 0 Å². The lowest BCUT2D eigenvalue weighted by atomic mass is 10.0. The molecule has 0 heterocycles. The Balaban J connectivity index is 3.66. The van der Waals surface area contributed by atoms with Crippen LogP contribution in [0.15, 0.2) is 11.8 Å². The van der Waals surface area contributed by atoms with Crippen molar-refractivity contribution in [1.29, 1.82) is 0 Å². The molecule has 2 N–H and O–H groups in total. The summed E-state index contributed by atoms with van der Waals surface area (Å²) in [6.45, 7) is 5.94. The number of carbonyl (C=O) groups excluding carboxylic acids is 1. The summed E-state index contributed by atoms with van der Waals surface area (Å²) in [5, 5.41) is 12.5. The van der Waals surface area contributed by atoms with E-state index >= 15 is 0 Å².